The number of rotatable bonds is 3. The molecule has 110 valence electrons. The lowest BCUT2D eigenvalue weighted by Gasteiger charge is -2.37. The molecule has 0 saturated carbocycles. The van der Waals surface area contributed by atoms with Gasteiger partial charge in [-0.25, -0.2) is 9.97 Å². The number of nitrogens with zero attached hydrogens (tertiary/aromatic N) is 4. The molecule has 0 bridgehead atoms. The lowest BCUT2D eigenvalue weighted by atomic mass is 10.2. The molecular formula is C15H17IN4O. The van der Waals surface area contributed by atoms with E-state index in [1.54, 1.807) is 13.4 Å². The molecule has 1 aromatic heterocycles. The number of benzene rings is 1. The van der Waals surface area contributed by atoms with E-state index in [1.165, 1.54) is 5.69 Å². The van der Waals surface area contributed by atoms with Crippen LogP contribution in [0.3, 0.4) is 0 Å². The summed E-state index contributed by atoms with van der Waals surface area (Å²) in [5.74, 6) is 1.94. The summed E-state index contributed by atoms with van der Waals surface area (Å²) in [5, 5.41) is 0. The minimum absolute atomic E-state index is 0.896. The van der Waals surface area contributed by atoms with E-state index in [9.17, 15) is 0 Å². The van der Waals surface area contributed by atoms with Gasteiger partial charge in [0, 0.05) is 38.1 Å². The summed E-state index contributed by atoms with van der Waals surface area (Å²) in [6.45, 7) is 3.93. The summed E-state index contributed by atoms with van der Waals surface area (Å²) in [4.78, 5) is 13.2. The summed E-state index contributed by atoms with van der Waals surface area (Å²) >= 11 is 2.29. The van der Waals surface area contributed by atoms with E-state index in [4.69, 9.17) is 4.74 Å². The van der Waals surface area contributed by atoms with Crippen molar-refractivity contribution < 1.29 is 4.74 Å². The third kappa shape index (κ3) is 3.20. The molecule has 3 rings (SSSR count). The number of piperazine rings is 1. The molecule has 1 saturated heterocycles. The van der Waals surface area contributed by atoms with Crippen LogP contribution in [-0.4, -0.2) is 43.3 Å². The zero-order chi connectivity index (χ0) is 14.7. The van der Waals surface area contributed by atoms with Gasteiger partial charge in [0.25, 0.3) is 0 Å². The van der Waals surface area contributed by atoms with Crippen LogP contribution in [0.25, 0.3) is 0 Å². The Labute approximate surface area is 138 Å². The molecule has 0 unspecified atom stereocenters. The van der Waals surface area contributed by atoms with Gasteiger partial charge < -0.3 is 14.5 Å². The average Bonchev–Trinajstić information content (AvgIpc) is 2.56. The second-order valence-electron chi connectivity index (χ2n) is 4.87. The van der Waals surface area contributed by atoms with Crippen LogP contribution in [0.4, 0.5) is 11.5 Å². The van der Waals surface area contributed by atoms with Crippen LogP contribution in [0.5, 0.6) is 5.75 Å². The third-order valence-electron chi connectivity index (χ3n) is 3.66. The molecule has 1 aromatic carbocycles. The quantitative estimate of drug-likeness (QED) is 0.746. The van der Waals surface area contributed by atoms with Crippen molar-refractivity contribution in [3.05, 3.63) is 40.4 Å². The van der Waals surface area contributed by atoms with Gasteiger partial charge in [0.15, 0.2) is 0 Å². The van der Waals surface area contributed by atoms with Crippen LogP contribution in [0.2, 0.25) is 0 Å². The standard InChI is InChI=1S/C15H17IN4O/c1-21-13-4-2-12(3-5-13)19-6-8-20(9-7-19)15-14(16)10-17-11-18-15/h2-5,10-11H,6-9H2,1H3. The Hall–Kier alpha value is -1.57. The first-order chi connectivity index (χ1) is 10.3. The maximum absolute atomic E-state index is 5.20. The largest absolute Gasteiger partial charge is 0.497 e. The zero-order valence-corrected chi connectivity index (χ0v) is 14.0. The Kier molecular flexibility index (Phi) is 4.42. The predicted molar refractivity (Wildman–Crippen MR) is 92.2 cm³/mol. The maximum atomic E-state index is 5.20. The van der Waals surface area contributed by atoms with Gasteiger partial charge in [-0.15, -0.1) is 0 Å². The van der Waals surface area contributed by atoms with Crippen LogP contribution in [0, 0.1) is 3.57 Å². The summed E-state index contributed by atoms with van der Waals surface area (Å²) in [6, 6.07) is 8.25. The molecule has 5 nitrogen and oxygen atoms in total. The highest BCUT2D eigenvalue weighted by molar-refractivity contribution is 14.1. The first kappa shape index (κ1) is 14.4. The number of hydrogen-bond acceptors (Lipinski definition) is 5. The molecule has 2 aromatic rings. The van der Waals surface area contributed by atoms with Gasteiger partial charge >= 0.3 is 0 Å². The molecule has 6 heteroatoms. The minimum Gasteiger partial charge on any atom is -0.497 e. The van der Waals surface area contributed by atoms with Crippen molar-refractivity contribution in [1.82, 2.24) is 9.97 Å². The topological polar surface area (TPSA) is 41.5 Å². The lowest BCUT2D eigenvalue weighted by molar-refractivity contribution is 0.415. The molecule has 1 aliphatic heterocycles. The summed E-state index contributed by atoms with van der Waals surface area (Å²) in [6.07, 6.45) is 3.48. The van der Waals surface area contributed by atoms with Gasteiger partial charge in [0.1, 0.15) is 17.9 Å². The van der Waals surface area contributed by atoms with Gasteiger partial charge in [0.2, 0.25) is 0 Å². The van der Waals surface area contributed by atoms with Crippen LogP contribution in [0.1, 0.15) is 0 Å². The van der Waals surface area contributed by atoms with Gasteiger partial charge in [-0.3, -0.25) is 0 Å². The fourth-order valence-electron chi connectivity index (χ4n) is 2.51. The van der Waals surface area contributed by atoms with Crippen molar-refractivity contribution in [3.8, 4) is 5.75 Å². The third-order valence-corrected chi connectivity index (χ3v) is 4.43. The van der Waals surface area contributed by atoms with E-state index >= 15 is 0 Å². The number of ether oxygens (including phenoxy) is 1. The molecule has 1 fully saturated rings. The van der Waals surface area contributed by atoms with Crippen molar-refractivity contribution in [2.24, 2.45) is 0 Å². The van der Waals surface area contributed by atoms with E-state index in [-0.39, 0.29) is 0 Å². The Morgan fingerprint density at radius 3 is 2.33 bits per heavy atom. The van der Waals surface area contributed by atoms with Crippen LogP contribution >= 0.6 is 22.6 Å². The second kappa shape index (κ2) is 6.46. The fourth-order valence-corrected chi connectivity index (χ4v) is 3.15. The Morgan fingerprint density at radius 1 is 1.05 bits per heavy atom. The fraction of sp³-hybridized carbons (Fsp3) is 0.333. The van der Waals surface area contributed by atoms with Crippen LogP contribution in [0.15, 0.2) is 36.8 Å². The first-order valence-electron chi connectivity index (χ1n) is 6.87. The van der Waals surface area contributed by atoms with E-state index < -0.39 is 0 Å². The molecule has 21 heavy (non-hydrogen) atoms. The van der Waals surface area contributed by atoms with E-state index in [1.807, 2.05) is 18.3 Å². The van der Waals surface area contributed by atoms with Crippen molar-refractivity contribution >= 4 is 34.1 Å². The molecule has 0 amide bonds. The summed E-state index contributed by atoms with van der Waals surface area (Å²) in [5.41, 5.74) is 1.24. The molecule has 1 aliphatic rings. The molecule has 0 spiro atoms. The van der Waals surface area contributed by atoms with Crippen molar-refractivity contribution in [2.75, 3.05) is 43.1 Å². The van der Waals surface area contributed by atoms with Crippen molar-refractivity contribution in [1.29, 1.82) is 0 Å². The predicted octanol–water partition coefficient (Wildman–Crippen LogP) is 2.42. The molecule has 0 N–H and O–H groups in total. The number of halogens is 1. The number of anilines is 2. The Morgan fingerprint density at radius 2 is 1.71 bits per heavy atom. The average molecular weight is 396 g/mol. The maximum Gasteiger partial charge on any atom is 0.145 e. The van der Waals surface area contributed by atoms with Gasteiger partial charge in [-0.05, 0) is 46.9 Å². The van der Waals surface area contributed by atoms with Gasteiger partial charge in [-0.1, -0.05) is 0 Å². The molecule has 0 atom stereocenters. The van der Waals surface area contributed by atoms with Crippen molar-refractivity contribution in [2.45, 2.75) is 0 Å². The minimum atomic E-state index is 0.896. The highest BCUT2D eigenvalue weighted by Gasteiger charge is 2.19. The molecule has 2 heterocycles. The number of methoxy groups -OCH3 is 1. The SMILES string of the molecule is COc1ccc(N2CCN(c3ncncc3I)CC2)cc1. The van der Waals surface area contributed by atoms with Gasteiger partial charge in [-0.2, -0.15) is 0 Å². The molecular weight excluding hydrogens is 379 g/mol. The molecule has 0 aliphatic carbocycles. The second-order valence-corrected chi connectivity index (χ2v) is 6.03. The first-order valence-corrected chi connectivity index (χ1v) is 7.95. The smallest absolute Gasteiger partial charge is 0.145 e. The van der Waals surface area contributed by atoms with Crippen LogP contribution in [-0.2, 0) is 0 Å². The normalized spacial score (nSPS) is 15.1. The lowest BCUT2D eigenvalue weighted by Crippen LogP contribution is -2.47. The van der Waals surface area contributed by atoms with Crippen LogP contribution < -0.4 is 14.5 Å². The zero-order valence-electron chi connectivity index (χ0n) is 11.9. The summed E-state index contributed by atoms with van der Waals surface area (Å²) < 4.78 is 6.31. The van der Waals surface area contributed by atoms with Gasteiger partial charge in [0.05, 0.1) is 10.7 Å². The Balaban J connectivity index is 1.66. The van der Waals surface area contributed by atoms with E-state index in [0.29, 0.717) is 0 Å². The molecule has 0 radical (unpaired) electrons. The van der Waals surface area contributed by atoms with E-state index in [0.717, 1.165) is 41.3 Å². The Bertz CT molecular complexity index is 597. The summed E-state index contributed by atoms with van der Waals surface area (Å²) in [7, 11) is 1.69. The highest BCUT2D eigenvalue weighted by Crippen LogP contribution is 2.23. The number of hydrogen-bond donors (Lipinski definition) is 0. The van der Waals surface area contributed by atoms with Crippen molar-refractivity contribution in [3.63, 3.8) is 0 Å². The monoisotopic (exact) mass is 396 g/mol. The highest BCUT2D eigenvalue weighted by atomic mass is 127. The number of aromatic nitrogens is 2. The van der Waals surface area contributed by atoms with E-state index in [2.05, 4.69) is 54.5 Å².